The summed E-state index contributed by atoms with van der Waals surface area (Å²) in [5.74, 6) is -0.868. The van der Waals surface area contributed by atoms with Crippen molar-refractivity contribution in [2.24, 2.45) is 5.41 Å². The molecule has 1 aromatic rings. The third-order valence-electron chi connectivity index (χ3n) is 3.73. The van der Waals surface area contributed by atoms with Crippen molar-refractivity contribution in [2.45, 2.75) is 57.1 Å². The first-order valence-electron chi connectivity index (χ1n) is 7.61. The fourth-order valence-corrected chi connectivity index (χ4v) is 2.94. The van der Waals surface area contributed by atoms with Gasteiger partial charge in [0.25, 0.3) is 0 Å². The highest BCUT2D eigenvalue weighted by Gasteiger charge is 2.26. The topological polar surface area (TPSA) is 66.4 Å². The molecule has 0 fully saturated rings. The van der Waals surface area contributed by atoms with Crippen LogP contribution in [0.5, 0.6) is 0 Å². The Morgan fingerprint density at radius 2 is 1.91 bits per heavy atom. The number of para-hydroxylation sites is 1. The quantitative estimate of drug-likeness (QED) is 0.696. The summed E-state index contributed by atoms with van der Waals surface area (Å²) in [6, 6.07) is 7.36. The maximum absolute atomic E-state index is 12.3. The van der Waals surface area contributed by atoms with E-state index < -0.39 is 16.6 Å². The number of hydrogen-bond acceptors (Lipinski definition) is 3. The van der Waals surface area contributed by atoms with Crippen molar-refractivity contribution < 1.29 is 14.7 Å². The fourth-order valence-electron chi connectivity index (χ4n) is 1.77. The zero-order valence-electron chi connectivity index (χ0n) is 13.7. The van der Waals surface area contributed by atoms with Crippen LogP contribution in [0.2, 0.25) is 0 Å². The van der Waals surface area contributed by atoms with E-state index in [-0.39, 0.29) is 5.91 Å². The van der Waals surface area contributed by atoms with Gasteiger partial charge in [-0.2, -0.15) is 0 Å². The molecule has 5 heteroatoms. The van der Waals surface area contributed by atoms with Crippen LogP contribution in [0.1, 0.15) is 47.0 Å². The number of carbonyl (C=O) groups is 2. The van der Waals surface area contributed by atoms with E-state index in [1.807, 2.05) is 52.0 Å². The van der Waals surface area contributed by atoms with E-state index in [0.717, 1.165) is 17.7 Å². The molecule has 0 bridgehead atoms. The second-order valence-corrected chi connectivity index (χ2v) is 7.17. The third kappa shape index (κ3) is 5.05. The first-order chi connectivity index (χ1) is 10.3. The summed E-state index contributed by atoms with van der Waals surface area (Å²) < 4.78 is 0. The summed E-state index contributed by atoms with van der Waals surface area (Å²) in [5, 5.41) is 11.7. The van der Waals surface area contributed by atoms with E-state index in [4.69, 9.17) is 0 Å². The lowest BCUT2D eigenvalue weighted by Crippen LogP contribution is -2.30. The summed E-state index contributed by atoms with van der Waals surface area (Å²) >= 11 is 1.29. The molecule has 1 atom stereocenters. The minimum atomic E-state index is -0.818. The monoisotopic (exact) mass is 323 g/mol. The minimum Gasteiger partial charge on any atom is -0.480 e. The van der Waals surface area contributed by atoms with Gasteiger partial charge in [0.15, 0.2) is 0 Å². The van der Waals surface area contributed by atoms with Crippen LogP contribution in [0.3, 0.4) is 0 Å². The van der Waals surface area contributed by atoms with Crippen LogP contribution in [0.25, 0.3) is 0 Å². The Hall–Kier alpha value is -1.49. The molecule has 0 saturated carbocycles. The Morgan fingerprint density at radius 3 is 2.45 bits per heavy atom. The van der Waals surface area contributed by atoms with Crippen molar-refractivity contribution in [1.82, 2.24) is 0 Å². The second kappa shape index (κ2) is 8.22. The zero-order chi connectivity index (χ0) is 16.8. The smallest absolute Gasteiger partial charge is 0.316 e. The van der Waals surface area contributed by atoms with Gasteiger partial charge >= 0.3 is 5.97 Å². The van der Waals surface area contributed by atoms with Crippen molar-refractivity contribution in [2.75, 3.05) is 5.32 Å². The van der Waals surface area contributed by atoms with Crippen LogP contribution in [0.4, 0.5) is 5.69 Å². The number of carboxylic acid groups (broad SMARTS) is 1. The summed E-state index contributed by atoms with van der Waals surface area (Å²) in [6.07, 6.45) is 2.14. The van der Waals surface area contributed by atoms with Gasteiger partial charge in [0, 0.05) is 10.3 Å². The van der Waals surface area contributed by atoms with E-state index in [2.05, 4.69) is 5.32 Å². The molecule has 122 valence electrons. The summed E-state index contributed by atoms with van der Waals surface area (Å²) in [7, 11) is 0. The standard InChI is InChI=1S/C17H25NO3S/c1-5-9-14(15(19)20)22-13-11-8-7-10-12(13)18-16(21)17(3,4)6-2/h7-8,10-11,14H,5-6,9H2,1-4H3,(H,18,21)(H,19,20)/t14-/m1/s1. The van der Waals surface area contributed by atoms with Crippen LogP contribution in [0, 0.1) is 5.41 Å². The molecule has 0 aliphatic heterocycles. The second-order valence-electron chi connectivity index (χ2n) is 5.92. The lowest BCUT2D eigenvalue weighted by molar-refractivity contribution is -0.136. The summed E-state index contributed by atoms with van der Waals surface area (Å²) in [4.78, 5) is 24.4. The predicted octanol–water partition coefficient (Wildman–Crippen LogP) is 4.41. The number of amides is 1. The average Bonchev–Trinajstić information content (AvgIpc) is 2.48. The lowest BCUT2D eigenvalue weighted by Gasteiger charge is -2.23. The predicted molar refractivity (Wildman–Crippen MR) is 91.3 cm³/mol. The molecule has 0 saturated heterocycles. The Bertz CT molecular complexity index is 528. The molecular weight excluding hydrogens is 298 g/mol. The first kappa shape index (κ1) is 18.6. The summed E-state index contributed by atoms with van der Waals surface area (Å²) in [6.45, 7) is 7.74. The molecule has 4 nitrogen and oxygen atoms in total. The molecule has 1 rings (SSSR count). The van der Waals surface area contributed by atoms with Gasteiger partial charge in [-0.3, -0.25) is 9.59 Å². The molecule has 22 heavy (non-hydrogen) atoms. The van der Waals surface area contributed by atoms with E-state index in [1.165, 1.54) is 11.8 Å². The van der Waals surface area contributed by atoms with Crippen LogP contribution in [0.15, 0.2) is 29.2 Å². The van der Waals surface area contributed by atoms with Gasteiger partial charge in [-0.05, 0) is 25.0 Å². The van der Waals surface area contributed by atoms with Gasteiger partial charge in [0.05, 0.1) is 5.69 Å². The number of aliphatic carboxylic acids is 1. The van der Waals surface area contributed by atoms with Crippen molar-refractivity contribution >= 4 is 29.3 Å². The van der Waals surface area contributed by atoms with Gasteiger partial charge < -0.3 is 10.4 Å². The van der Waals surface area contributed by atoms with Crippen molar-refractivity contribution in [3.63, 3.8) is 0 Å². The number of benzene rings is 1. The Kier molecular flexibility index (Phi) is 6.94. The number of anilines is 1. The average molecular weight is 323 g/mol. The van der Waals surface area contributed by atoms with Gasteiger partial charge in [-0.25, -0.2) is 0 Å². The van der Waals surface area contributed by atoms with E-state index >= 15 is 0 Å². The minimum absolute atomic E-state index is 0.0505. The number of hydrogen-bond donors (Lipinski definition) is 2. The van der Waals surface area contributed by atoms with Crippen LogP contribution >= 0.6 is 11.8 Å². The molecule has 0 aliphatic rings. The van der Waals surface area contributed by atoms with Crippen molar-refractivity contribution in [1.29, 1.82) is 0 Å². The first-order valence-corrected chi connectivity index (χ1v) is 8.49. The maximum atomic E-state index is 12.3. The van der Waals surface area contributed by atoms with Gasteiger partial charge in [0.1, 0.15) is 5.25 Å². The van der Waals surface area contributed by atoms with Gasteiger partial charge in [-0.1, -0.05) is 46.2 Å². The third-order valence-corrected chi connectivity index (χ3v) is 5.06. The zero-order valence-corrected chi connectivity index (χ0v) is 14.5. The van der Waals surface area contributed by atoms with Gasteiger partial charge in [0.2, 0.25) is 5.91 Å². The van der Waals surface area contributed by atoms with Crippen LogP contribution in [-0.2, 0) is 9.59 Å². The molecule has 0 aromatic heterocycles. The molecule has 0 heterocycles. The molecule has 1 amide bonds. The molecule has 0 aliphatic carbocycles. The number of carboxylic acids is 1. The number of carbonyl (C=O) groups excluding carboxylic acids is 1. The molecular formula is C17H25NO3S. The molecule has 1 aromatic carbocycles. The lowest BCUT2D eigenvalue weighted by atomic mass is 9.89. The van der Waals surface area contributed by atoms with Crippen molar-refractivity contribution in [3.8, 4) is 0 Å². The van der Waals surface area contributed by atoms with Crippen molar-refractivity contribution in [3.05, 3.63) is 24.3 Å². The fraction of sp³-hybridized carbons (Fsp3) is 0.529. The Morgan fingerprint density at radius 1 is 1.27 bits per heavy atom. The maximum Gasteiger partial charge on any atom is 0.316 e. The molecule has 0 unspecified atom stereocenters. The highest BCUT2D eigenvalue weighted by molar-refractivity contribution is 8.00. The van der Waals surface area contributed by atoms with E-state index in [1.54, 1.807) is 0 Å². The van der Waals surface area contributed by atoms with Gasteiger partial charge in [-0.15, -0.1) is 11.8 Å². The Labute approximate surface area is 136 Å². The largest absolute Gasteiger partial charge is 0.480 e. The number of thioether (sulfide) groups is 1. The van der Waals surface area contributed by atoms with E-state index in [0.29, 0.717) is 12.1 Å². The van der Waals surface area contributed by atoms with Crippen LogP contribution < -0.4 is 5.32 Å². The van der Waals surface area contributed by atoms with E-state index in [9.17, 15) is 14.7 Å². The molecule has 2 N–H and O–H groups in total. The molecule has 0 radical (unpaired) electrons. The van der Waals surface area contributed by atoms with Crippen LogP contribution in [-0.4, -0.2) is 22.2 Å². The highest BCUT2D eigenvalue weighted by atomic mass is 32.2. The highest BCUT2D eigenvalue weighted by Crippen LogP contribution is 2.33. The molecule has 0 spiro atoms. The summed E-state index contributed by atoms with van der Waals surface area (Å²) in [5.41, 5.74) is 0.231. The number of rotatable bonds is 8. The normalized spacial score (nSPS) is 12.7. The Balaban J connectivity index is 2.94. The number of nitrogens with one attached hydrogen (secondary N) is 1. The SMILES string of the molecule is CCC[C@@H](Sc1ccccc1NC(=O)C(C)(C)CC)C(=O)O.